The molecule has 51 heavy (non-hydrogen) atoms. The number of carbonyl (C=O) groups is 2. The maximum Gasteiger partial charge on any atom is 0.306 e. The fourth-order valence-electron chi connectivity index (χ4n) is 8.15. The number of unbranched alkanes of at least 4 members (excludes halogenated alkanes) is 21. The minimum atomic E-state index is 0.00464. The van der Waals surface area contributed by atoms with E-state index in [1.807, 2.05) is 0 Å². The van der Waals surface area contributed by atoms with Crippen LogP contribution in [0.4, 0.5) is 0 Å². The molecule has 0 N–H and O–H groups in total. The Morgan fingerprint density at radius 1 is 0.529 bits per heavy atom. The first-order valence-corrected chi connectivity index (χ1v) is 23.1. The lowest BCUT2D eigenvalue weighted by Gasteiger charge is -2.39. The molecule has 5 heteroatoms. The highest BCUT2D eigenvalue weighted by Gasteiger charge is 2.26. The SMILES string of the molecule is CCCCCCCCCCCOC(=O)CCCC1CCC(CCCCCCC(=O)OC(CCCCCCCC)CCCCCCCC)N(CC)C1. The fraction of sp³-hybridized carbons (Fsp3) is 0.957. The van der Waals surface area contributed by atoms with Gasteiger partial charge in [0.2, 0.25) is 0 Å². The average Bonchev–Trinajstić information content (AvgIpc) is 3.13. The first kappa shape index (κ1) is 47.9. The Kier molecular flexibility index (Phi) is 33.7. The van der Waals surface area contributed by atoms with Gasteiger partial charge in [0, 0.05) is 25.4 Å². The molecule has 0 aromatic carbocycles. The van der Waals surface area contributed by atoms with Gasteiger partial charge in [-0.15, -0.1) is 0 Å². The summed E-state index contributed by atoms with van der Waals surface area (Å²) in [5, 5.41) is 0. The van der Waals surface area contributed by atoms with Gasteiger partial charge in [0.25, 0.3) is 0 Å². The second-order valence-corrected chi connectivity index (χ2v) is 16.3. The lowest BCUT2D eigenvalue weighted by Crippen LogP contribution is -2.43. The van der Waals surface area contributed by atoms with Crippen molar-refractivity contribution < 1.29 is 19.1 Å². The number of piperidine rings is 1. The molecule has 302 valence electrons. The summed E-state index contributed by atoms with van der Waals surface area (Å²) in [5.41, 5.74) is 0. The molecule has 5 nitrogen and oxygen atoms in total. The summed E-state index contributed by atoms with van der Waals surface area (Å²) in [5.74, 6) is 0.757. The molecule has 1 saturated heterocycles. The number of carbonyl (C=O) groups excluding carboxylic acids is 2. The minimum absolute atomic E-state index is 0.00464. The molecule has 1 rings (SSSR count). The van der Waals surface area contributed by atoms with Gasteiger partial charge in [0.15, 0.2) is 0 Å². The van der Waals surface area contributed by atoms with Crippen molar-refractivity contribution in [3.05, 3.63) is 0 Å². The lowest BCUT2D eigenvalue weighted by atomic mass is 9.87. The third kappa shape index (κ3) is 29.0. The molecule has 0 amide bonds. The molecular formula is C46H89NO4. The fourth-order valence-corrected chi connectivity index (χ4v) is 8.15. The molecule has 2 unspecified atom stereocenters. The van der Waals surface area contributed by atoms with Gasteiger partial charge in [-0.1, -0.05) is 163 Å². The predicted octanol–water partition coefficient (Wildman–Crippen LogP) is 14.1. The van der Waals surface area contributed by atoms with Crippen LogP contribution in [0.5, 0.6) is 0 Å². The summed E-state index contributed by atoms with van der Waals surface area (Å²) in [4.78, 5) is 27.7. The molecule has 1 heterocycles. The minimum Gasteiger partial charge on any atom is -0.466 e. The van der Waals surface area contributed by atoms with Gasteiger partial charge in [0.05, 0.1) is 6.61 Å². The maximum absolute atomic E-state index is 12.8. The number of nitrogens with zero attached hydrogens (tertiary/aromatic N) is 1. The van der Waals surface area contributed by atoms with Crippen LogP contribution in [0.1, 0.15) is 246 Å². The molecule has 0 spiro atoms. The third-order valence-corrected chi connectivity index (χ3v) is 11.6. The van der Waals surface area contributed by atoms with Crippen LogP contribution < -0.4 is 0 Å². The van der Waals surface area contributed by atoms with Crippen molar-refractivity contribution in [3.8, 4) is 0 Å². The molecule has 0 aliphatic carbocycles. The number of hydrogen-bond acceptors (Lipinski definition) is 5. The van der Waals surface area contributed by atoms with E-state index in [4.69, 9.17) is 9.47 Å². The number of esters is 2. The van der Waals surface area contributed by atoms with Crippen LogP contribution in [0.3, 0.4) is 0 Å². The van der Waals surface area contributed by atoms with E-state index in [1.165, 1.54) is 167 Å². The van der Waals surface area contributed by atoms with Gasteiger partial charge in [-0.05, 0) is 83.1 Å². The third-order valence-electron chi connectivity index (χ3n) is 11.6. The van der Waals surface area contributed by atoms with Gasteiger partial charge in [-0.25, -0.2) is 0 Å². The zero-order valence-electron chi connectivity index (χ0n) is 35.0. The number of rotatable bonds is 37. The Morgan fingerprint density at radius 3 is 1.59 bits per heavy atom. The number of hydrogen-bond donors (Lipinski definition) is 0. The van der Waals surface area contributed by atoms with E-state index >= 15 is 0 Å². The van der Waals surface area contributed by atoms with Crippen LogP contribution in [0, 0.1) is 5.92 Å². The monoisotopic (exact) mass is 720 g/mol. The van der Waals surface area contributed by atoms with Crippen LogP contribution in [0.25, 0.3) is 0 Å². The zero-order valence-corrected chi connectivity index (χ0v) is 35.0. The highest BCUT2D eigenvalue weighted by molar-refractivity contribution is 5.69. The summed E-state index contributed by atoms with van der Waals surface area (Å²) >= 11 is 0. The molecule has 1 aliphatic heterocycles. The van der Waals surface area contributed by atoms with E-state index in [-0.39, 0.29) is 18.0 Å². The van der Waals surface area contributed by atoms with Crippen molar-refractivity contribution in [2.24, 2.45) is 5.92 Å². The van der Waals surface area contributed by atoms with Gasteiger partial charge >= 0.3 is 11.9 Å². The second kappa shape index (κ2) is 35.9. The standard InChI is InChI=1S/C46H89NO4/c1-5-9-12-15-18-19-20-25-30-40-50-45(48)37-31-32-42-38-39-43(47(8-4)41-42)33-26-23-24-29-36-46(49)51-44(34-27-21-16-13-10-6-2)35-28-22-17-14-11-7-3/h42-44H,5-41H2,1-4H3. The molecule has 0 radical (unpaired) electrons. The first-order valence-electron chi connectivity index (χ1n) is 23.1. The molecule has 1 aliphatic rings. The van der Waals surface area contributed by atoms with Crippen LogP contribution in [-0.4, -0.2) is 48.7 Å². The molecule has 0 saturated carbocycles. The topological polar surface area (TPSA) is 55.8 Å². The Labute approximate surface area is 318 Å². The van der Waals surface area contributed by atoms with Crippen molar-refractivity contribution in [1.82, 2.24) is 4.90 Å². The predicted molar refractivity (Wildman–Crippen MR) is 219 cm³/mol. The quantitative estimate of drug-likeness (QED) is 0.0472. The highest BCUT2D eigenvalue weighted by atomic mass is 16.5. The van der Waals surface area contributed by atoms with E-state index in [2.05, 4.69) is 32.6 Å². The maximum atomic E-state index is 12.8. The van der Waals surface area contributed by atoms with Gasteiger partial charge < -0.3 is 14.4 Å². The van der Waals surface area contributed by atoms with E-state index in [1.54, 1.807) is 0 Å². The molecular weight excluding hydrogens is 631 g/mol. The lowest BCUT2D eigenvalue weighted by molar-refractivity contribution is -0.150. The first-order chi connectivity index (χ1) is 25.0. The summed E-state index contributed by atoms with van der Waals surface area (Å²) in [6, 6.07) is 0.697. The smallest absolute Gasteiger partial charge is 0.306 e. The number of likely N-dealkylation sites (tertiary alicyclic amines) is 1. The molecule has 1 fully saturated rings. The van der Waals surface area contributed by atoms with E-state index in [0.29, 0.717) is 31.4 Å². The summed E-state index contributed by atoms with van der Waals surface area (Å²) in [6.45, 7) is 12.0. The Morgan fingerprint density at radius 2 is 1.02 bits per heavy atom. The molecule has 2 atom stereocenters. The Balaban J connectivity index is 2.15. The van der Waals surface area contributed by atoms with E-state index in [9.17, 15) is 9.59 Å². The Hall–Kier alpha value is -1.10. The van der Waals surface area contributed by atoms with Crippen molar-refractivity contribution in [2.45, 2.75) is 258 Å². The van der Waals surface area contributed by atoms with Crippen LogP contribution in [0.2, 0.25) is 0 Å². The zero-order chi connectivity index (χ0) is 37.0. The molecule has 0 bridgehead atoms. The van der Waals surface area contributed by atoms with Crippen molar-refractivity contribution >= 4 is 11.9 Å². The average molecular weight is 720 g/mol. The summed E-state index contributed by atoms with van der Waals surface area (Å²) < 4.78 is 11.6. The van der Waals surface area contributed by atoms with Gasteiger partial charge in [0.1, 0.15) is 6.10 Å². The molecule has 0 aromatic rings. The second-order valence-electron chi connectivity index (χ2n) is 16.3. The molecule has 0 aromatic heterocycles. The van der Waals surface area contributed by atoms with Crippen molar-refractivity contribution in [2.75, 3.05) is 19.7 Å². The van der Waals surface area contributed by atoms with Gasteiger partial charge in [-0.3, -0.25) is 9.59 Å². The summed E-state index contributed by atoms with van der Waals surface area (Å²) in [6.07, 6.45) is 41.0. The van der Waals surface area contributed by atoms with E-state index < -0.39 is 0 Å². The largest absolute Gasteiger partial charge is 0.466 e. The highest BCUT2D eigenvalue weighted by Crippen LogP contribution is 2.29. The van der Waals surface area contributed by atoms with Crippen LogP contribution in [-0.2, 0) is 19.1 Å². The van der Waals surface area contributed by atoms with Gasteiger partial charge in [-0.2, -0.15) is 0 Å². The Bertz CT molecular complexity index is 756. The van der Waals surface area contributed by atoms with Crippen molar-refractivity contribution in [1.29, 1.82) is 0 Å². The van der Waals surface area contributed by atoms with E-state index in [0.717, 1.165) is 51.5 Å². The van der Waals surface area contributed by atoms with Crippen LogP contribution >= 0.6 is 0 Å². The normalized spacial score (nSPS) is 16.6. The van der Waals surface area contributed by atoms with Crippen LogP contribution in [0.15, 0.2) is 0 Å². The van der Waals surface area contributed by atoms with Crippen molar-refractivity contribution in [3.63, 3.8) is 0 Å². The number of ether oxygens (including phenoxy) is 2. The summed E-state index contributed by atoms with van der Waals surface area (Å²) in [7, 11) is 0.